The number of benzene rings is 1. The summed E-state index contributed by atoms with van der Waals surface area (Å²) in [6.07, 6.45) is 9.53. The zero-order valence-electron chi connectivity index (χ0n) is 12.0. The van der Waals surface area contributed by atoms with E-state index in [1.807, 2.05) is 18.2 Å². The molecule has 0 spiro atoms. The number of methoxy groups -OCH3 is 1. The molecule has 1 aromatic carbocycles. The zero-order chi connectivity index (χ0) is 13.5. The molecule has 0 heterocycles. The third kappa shape index (κ3) is 4.87. The summed E-state index contributed by atoms with van der Waals surface area (Å²) in [5.41, 5.74) is 1.17. The van der Waals surface area contributed by atoms with Crippen molar-refractivity contribution in [2.75, 3.05) is 7.11 Å². The smallest absolute Gasteiger partial charge is 0.119 e. The summed E-state index contributed by atoms with van der Waals surface area (Å²) in [4.78, 5) is 0. The monoisotopic (exact) mass is 262 g/mol. The highest BCUT2D eigenvalue weighted by Gasteiger charge is 2.17. The quantitative estimate of drug-likeness (QED) is 0.814. The topological polar surface area (TPSA) is 29.5 Å². The second kappa shape index (κ2) is 7.54. The molecular formula is C17H26O2. The summed E-state index contributed by atoms with van der Waals surface area (Å²) >= 11 is 0. The molecule has 2 heteroatoms. The highest BCUT2D eigenvalue weighted by molar-refractivity contribution is 5.28. The van der Waals surface area contributed by atoms with E-state index in [1.165, 1.54) is 44.1 Å². The Kier molecular flexibility index (Phi) is 5.71. The molecule has 1 aliphatic rings. The number of hydrogen-bond acceptors (Lipinski definition) is 2. The van der Waals surface area contributed by atoms with E-state index in [4.69, 9.17) is 4.74 Å². The minimum Gasteiger partial charge on any atom is -0.497 e. The van der Waals surface area contributed by atoms with E-state index < -0.39 is 0 Å². The van der Waals surface area contributed by atoms with E-state index in [1.54, 1.807) is 7.11 Å². The molecule has 2 rings (SSSR count). The number of aliphatic hydroxyl groups excluding tert-OH is 1. The van der Waals surface area contributed by atoms with Crippen molar-refractivity contribution in [2.24, 2.45) is 5.92 Å². The van der Waals surface area contributed by atoms with Crippen LogP contribution in [0.5, 0.6) is 5.75 Å². The van der Waals surface area contributed by atoms with Crippen molar-refractivity contribution in [2.45, 2.75) is 57.5 Å². The summed E-state index contributed by atoms with van der Waals surface area (Å²) < 4.78 is 5.22. The van der Waals surface area contributed by atoms with Crippen molar-refractivity contribution >= 4 is 0 Å². The number of rotatable bonds is 5. The Balaban J connectivity index is 1.83. The van der Waals surface area contributed by atoms with Crippen LogP contribution in [0.1, 0.15) is 50.5 Å². The predicted molar refractivity (Wildman–Crippen MR) is 78.5 cm³/mol. The lowest BCUT2D eigenvalue weighted by atomic mass is 9.91. The first-order valence-electron chi connectivity index (χ1n) is 7.59. The maximum Gasteiger partial charge on any atom is 0.119 e. The second-order valence-electron chi connectivity index (χ2n) is 5.80. The van der Waals surface area contributed by atoms with E-state index >= 15 is 0 Å². The van der Waals surface area contributed by atoms with Crippen molar-refractivity contribution < 1.29 is 9.84 Å². The highest BCUT2D eigenvalue weighted by Crippen LogP contribution is 2.27. The lowest BCUT2D eigenvalue weighted by Gasteiger charge is -2.18. The number of ether oxygens (including phenoxy) is 1. The molecule has 1 saturated carbocycles. The average molecular weight is 262 g/mol. The SMILES string of the molecule is COc1cccc(CC(O)CC2CCCCCC2)c1. The van der Waals surface area contributed by atoms with E-state index in [-0.39, 0.29) is 6.10 Å². The number of aliphatic hydroxyl groups is 1. The van der Waals surface area contributed by atoms with Crippen molar-refractivity contribution in [1.82, 2.24) is 0 Å². The molecule has 106 valence electrons. The van der Waals surface area contributed by atoms with Crippen LogP contribution in [-0.4, -0.2) is 18.3 Å². The van der Waals surface area contributed by atoms with Crippen molar-refractivity contribution in [1.29, 1.82) is 0 Å². The van der Waals surface area contributed by atoms with Crippen molar-refractivity contribution in [3.63, 3.8) is 0 Å². The van der Waals surface area contributed by atoms with Crippen LogP contribution in [-0.2, 0) is 6.42 Å². The molecule has 0 radical (unpaired) electrons. The fraction of sp³-hybridized carbons (Fsp3) is 0.647. The van der Waals surface area contributed by atoms with Crippen LogP contribution >= 0.6 is 0 Å². The first-order valence-corrected chi connectivity index (χ1v) is 7.59. The van der Waals surface area contributed by atoms with Gasteiger partial charge in [0.1, 0.15) is 5.75 Å². The van der Waals surface area contributed by atoms with Gasteiger partial charge in [-0.2, -0.15) is 0 Å². The van der Waals surface area contributed by atoms with E-state index in [2.05, 4.69) is 6.07 Å². The maximum absolute atomic E-state index is 10.3. The maximum atomic E-state index is 10.3. The summed E-state index contributed by atoms with van der Waals surface area (Å²) in [5.74, 6) is 1.60. The molecule has 19 heavy (non-hydrogen) atoms. The first kappa shape index (κ1) is 14.4. The lowest BCUT2D eigenvalue weighted by molar-refractivity contribution is 0.137. The second-order valence-corrected chi connectivity index (χ2v) is 5.80. The predicted octanol–water partition coefficient (Wildman–Crippen LogP) is 3.96. The van der Waals surface area contributed by atoms with E-state index in [9.17, 15) is 5.11 Å². The molecule has 0 aliphatic heterocycles. The molecular weight excluding hydrogens is 236 g/mol. The van der Waals surface area contributed by atoms with Gasteiger partial charge in [0.25, 0.3) is 0 Å². The van der Waals surface area contributed by atoms with Gasteiger partial charge < -0.3 is 9.84 Å². The van der Waals surface area contributed by atoms with Gasteiger partial charge in [0.15, 0.2) is 0 Å². The highest BCUT2D eigenvalue weighted by atomic mass is 16.5. The summed E-state index contributed by atoms with van der Waals surface area (Å²) in [6.45, 7) is 0. The fourth-order valence-corrected chi connectivity index (χ4v) is 3.14. The standard InChI is InChI=1S/C17H26O2/c1-19-17-10-6-9-15(13-17)12-16(18)11-14-7-4-2-3-5-8-14/h6,9-10,13-14,16,18H,2-5,7-8,11-12H2,1H3. The van der Waals surface area contributed by atoms with Gasteiger partial charge in [-0.15, -0.1) is 0 Å². The molecule has 0 amide bonds. The molecule has 1 N–H and O–H groups in total. The Morgan fingerprint density at radius 2 is 1.95 bits per heavy atom. The zero-order valence-corrected chi connectivity index (χ0v) is 12.0. The normalized spacial score (nSPS) is 18.8. The van der Waals surface area contributed by atoms with Crippen LogP contribution in [0, 0.1) is 5.92 Å². The van der Waals surface area contributed by atoms with Gasteiger partial charge in [-0.25, -0.2) is 0 Å². The Morgan fingerprint density at radius 3 is 2.63 bits per heavy atom. The van der Waals surface area contributed by atoms with Crippen molar-refractivity contribution in [3.05, 3.63) is 29.8 Å². The summed E-state index contributed by atoms with van der Waals surface area (Å²) in [7, 11) is 1.68. The minimum absolute atomic E-state index is 0.213. The van der Waals surface area contributed by atoms with Gasteiger partial charge in [0.2, 0.25) is 0 Å². The molecule has 1 fully saturated rings. The van der Waals surface area contributed by atoms with Gasteiger partial charge in [-0.05, 0) is 36.5 Å². The van der Waals surface area contributed by atoms with Crippen molar-refractivity contribution in [3.8, 4) is 5.75 Å². The van der Waals surface area contributed by atoms with Crippen LogP contribution in [0.4, 0.5) is 0 Å². The van der Waals surface area contributed by atoms with Crippen LogP contribution < -0.4 is 4.74 Å². The molecule has 1 atom stereocenters. The molecule has 1 aliphatic carbocycles. The van der Waals surface area contributed by atoms with Gasteiger partial charge in [0, 0.05) is 0 Å². The van der Waals surface area contributed by atoms with Crippen LogP contribution in [0.25, 0.3) is 0 Å². The first-order chi connectivity index (χ1) is 9.28. The largest absolute Gasteiger partial charge is 0.497 e. The molecule has 0 saturated heterocycles. The summed E-state index contributed by atoms with van der Waals surface area (Å²) in [5, 5.41) is 10.3. The average Bonchev–Trinajstić information content (AvgIpc) is 2.67. The Morgan fingerprint density at radius 1 is 1.21 bits per heavy atom. The molecule has 1 aromatic rings. The van der Waals surface area contributed by atoms with Crippen LogP contribution in [0.3, 0.4) is 0 Å². The Bertz CT molecular complexity index is 367. The van der Waals surface area contributed by atoms with Gasteiger partial charge in [-0.1, -0.05) is 50.7 Å². The number of hydrogen-bond donors (Lipinski definition) is 1. The lowest BCUT2D eigenvalue weighted by Crippen LogP contribution is -2.16. The Labute approximate surface area is 116 Å². The molecule has 2 nitrogen and oxygen atoms in total. The third-order valence-electron chi connectivity index (χ3n) is 4.19. The summed E-state index contributed by atoms with van der Waals surface area (Å²) in [6, 6.07) is 8.03. The van der Waals surface area contributed by atoms with Gasteiger partial charge >= 0.3 is 0 Å². The third-order valence-corrected chi connectivity index (χ3v) is 4.19. The van der Waals surface area contributed by atoms with E-state index in [0.717, 1.165) is 24.5 Å². The van der Waals surface area contributed by atoms with Crippen LogP contribution in [0.2, 0.25) is 0 Å². The van der Waals surface area contributed by atoms with Gasteiger partial charge in [0.05, 0.1) is 13.2 Å². The fourth-order valence-electron chi connectivity index (χ4n) is 3.14. The minimum atomic E-state index is -0.213. The molecule has 0 bridgehead atoms. The molecule has 1 unspecified atom stereocenters. The Hall–Kier alpha value is -1.02. The van der Waals surface area contributed by atoms with Crippen LogP contribution in [0.15, 0.2) is 24.3 Å². The van der Waals surface area contributed by atoms with E-state index in [0.29, 0.717) is 0 Å². The van der Waals surface area contributed by atoms with Gasteiger partial charge in [-0.3, -0.25) is 0 Å². The molecule has 0 aromatic heterocycles.